The molecule has 146 valence electrons. The molecule has 0 atom stereocenters. The van der Waals surface area contributed by atoms with Gasteiger partial charge in [0.1, 0.15) is 12.4 Å². The van der Waals surface area contributed by atoms with Crippen molar-refractivity contribution in [2.24, 2.45) is 0 Å². The van der Waals surface area contributed by atoms with Crippen LogP contribution in [0.25, 0.3) is 0 Å². The third-order valence-corrected chi connectivity index (χ3v) is 4.93. The van der Waals surface area contributed by atoms with E-state index < -0.39 is 0 Å². The molecule has 1 N–H and O–H groups in total. The van der Waals surface area contributed by atoms with Crippen LogP contribution in [0.4, 0.5) is 10.1 Å². The fourth-order valence-electron chi connectivity index (χ4n) is 2.82. The first-order valence-electron chi connectivity index (χ1n) is 9.18. The second-order valence-corrected chi connectivity index (χ2v) is 7.27. The molecule has 5 heteroatoms. The Morgan fingerprint density at radius 2 is 1.75 bits per heavy atom. The third-order valence-electron chi connectivity index (χ3n) is 4.34. The highest BCUT2D eigenvalue weighted by Crippen LogP contribution is 2.37. The van der Waals surface area contributed by atoms with Crippen LogP contribution in [0, 0.1) is 12.7 Å². The van der Waals surface area contributed by atoms with Crippen LogP contribution in [-0.2, 0) is 13.2 Å². The summed E-state index contributed by atoms with van der Waals surface area (Å²) in [6, 6.07) is 18.4. The van der Waals surface area contributed by atoms with Crippen LogP contribution in [0.3, 0.4) is 0 Å². The number of nitrogens with one attached hydrogen (secondary N) is 1. The molecule has 0 fully saturated rings. The van der Waals surface area contributed by atoms with Gasteiger partial charge in [0.05, 0.1) is 11.1 Å². The maximum atomic E-state index is 13.0. The van der Waals surface area contributed by atoms with E-state index in [-0.39, 0.29) is 5.82 Å². The molecule has 3 aromatic carbocycles. The molecule has 0 saturated heterocycles. The van der Waals surface area contributed by atoms with Gasteiger partial charge in [-0.1, -0.05) is 24.3 Å². The summed E-state index contributed by atoms with van der Waals surface area (Å²) in [6.45, 7) is 5.62. The largest absolute Gasteiger partial charge is 0.490 e. The summed E-state index contributed by atoms with van der Waals surface area (Å²) in [7, 11) is 0. The molecular formula is C23H23BrFNO2. The predicted molar refractivity (Wildman–Crippen MR) is 115 cm³/mol. The molecular weight excluding hydrogens is 421 g/mol. The molecule has 0 aromatic heterocycles. The second kappa shape index (κ2) is 9.60. The zero-order chi connectivity index (χ0) is 19.9. The van der Waals surface area contributed by atoms with Crippen molar-refractivity contribution < 1.29 is 13.9 Å². The lowest BCUT2D eigenvalue weighted by Crippen LogP contribution is -2.04. The molecule has 3 nitrogen and oxygen atoms in total. The van der Waals surface area contributed by atoms with Crippen molar-refractivity contribution in [2.45, 2.75) is 27.0 Å². The van der Waals surface area contributed by atoms with Crippen LogP contribution in [0.2, 0.25) is 0 Å². The van der Waals surface area contributed by atoms with E-state index >= 15 is 0 Å². The minimum atomic E-state index is -0.248. The van der Waals surface area contributed by atoms with E-state index in [4.69, 9.17) is 9.47 Å². The molecule has 0 aliphatic carbocycles. The number of halogens is 2. The highest BCUT2D eigenvalue weighted by atomic mass is 79.9. The maximum Gasteiger partial charge on any atom is 0.175 e. The molecule has 0 radical (unpaired) electrons. The summed E-state index contributed by atoms with van der Waals surface area (Å²) in [4.78, 5) is 0. The van der Waals surface area contributed by atoms with E-state index in [2.05, 4.69) is 40.3 Å². The van der Waals surface area contributed by atoms with Crippen molar-refractivity contribution in [3.8, 4) is 11.5 Å². The van der Waals surface area contributed by atoms with Gasteiger partial charge >= 0.3 is 0 Å². The number of aryl methyl sites for hydroxylation is 1. The van der Waals surface area contributed by atoms with Gasteiger partial charge in [-0.25, -0.2) is 4.39 Å². The topological polar surface area (TPSA) is 30.5 Å². The maximum absolute atomic E-state index is 13.0. The van der Waals surface area contributed by atoms with Crippen molar-refractivity contribution in [3.05, 3.63) is 87.6 Å². The minimum absolute atomic E-state index is 0.248. The van der Waals surface area contributed by atoms with Gasteiger partial charge in [-0.15, -0.1) is 0 Å². The van der Waals surface area contributed by atoms with Gasteiger partial charge in [-0.05, 0) is 82.9 Å². The van der Waals surface area contributed by atoms with Gasteiger partial charge in [0.25, 0.3) is 0 Å². The summed E-state index contributed by atoms with van der Waals surface area (Å²) in [5.41, 5.74) is 4.22. The quantitative estimate of drug-likeness (QED) is 0.431. The molecule has 3 rings (SSSR count). The van der Waals surface area contributed by atoms with Crippen LogP contribution < -0.4 is 14.8 Å². The van der Waals surface area contributed by atoms with Gasteiger partial charge in [0.2, 0.25) is 0 Å². The van der Waals surface area contributed by atoms with Crippen LogP contribution in [0.5, 0.6) is 11.5 Å². The Hall–Kier alpha value is -2.53. The van der Waals surface area contributed by atoms with E-state index in [1.807, 2.05) is 31.2 Å². The second-order valence-electron chi connectivity index (χ2n) is 6.41. The smallest absolute Gasteiger partial charge is 0.175 e. The van der Waals surface area contributed by atoms with Gasteiger partial charge in [-0.2, -0.15) is 0 Å². The van der Waals surface area contributed by atoms with Gasteiger partial charge in [-0.3, -0.25) is 0 Å². The highest BCUT2D eigenvalue weighted by molar-refractivity contribution is 9.10. The van der Waals surface area contributed by atoms with Gasteiger partial charge in [0, 0.05) is 12.2 Å². The fourth-order valence-corrected chi connectivity index (χ4v) is 3.42. The molecule has 0 spiro atoms. The Bertz CT molecular complexity index is 928. The molecule has 28 heavy (non-hydrogen) atoms. The van der Waals surface area contributed by atoms with Crippen molar-refractivity contribution in [1.82, 2.24) is 0 Å². The third kappa shape index (κ3) is 5.26. The number of benzene rings is 3. The lowest BCUT2D eigenvalue weighted by atomic mass is 10.1. The van der Waals surface area contributed by atoms with Crippen LogP contribution >= 0.6 is 15.9 Å². The summed E-state index contributed by atoms with van der Waals surface area (Å²) in [6.07, 6.45) is 0. The van der Waals surface area contributed by atoms with Crippen molar-refractivity contribution in [3.63, 3.8) is 0 Å². The van der Waals surface area contributed by atoms with Gasteiger partial charge < -0.3 is 14.8 Å². The Kier molecular flexibility index (Phi) is 6.93. The van der Waals surface area contributed by atoms with E-state index in [1.165, 1.54) is 17.7 Å². The summed E-state index contributed by atoms with van der Waals surface area (Å²) in [5.74, 6) is 1.14. The average Bonchev–Trinajstić information content (AvgIpc) is 2.68. The summed E-state index contributed by atoms with van der Waals surface area (Å²) in [5, 5.41) is 3.29. The molecule has 0 saturated carbocycles. The molecule has 0 bridgehead atoms. The fraction of sp³-hybridized carbons (Fsp3) is 0.217. The van der Waals surface area contributed by atoms with E-state index in [9.17, 15) is 4.39 Å². The number of anilines is 1. The minimum Gasteiger partial charge on any atom is -0.490 e. The Morgan fingerprint density at radius 1 is 1.00 bits per heavy atom. The predicted octanol–water partition coefficient (Wildman–Crippen LogP) is 6.49. The standard InChI is InChI=1S/C23H23BrFNO2/c1-3-27-22-13-17(14-26-20-10-8-19(25)9-11-20)12-21(24)23(22)28-15-18-7-5-4-6-16(18)2/h4-13,26H,3,14-15H2,1-2H3. The first-order valence-corrected chi connectivity index (χ1v) is 9.98. The normalized spacial score (nSPS) is 10.6. The zero-order valence-corrected chi connectivity index (χ0v) is 17.6. The highest BCUT2D eigenvalue weighted by Gasteiger charge is 2.13. The Morgan fingerprint density at radius 3 is 2.46 bits per heavy atom. The first kappa shape index (κ1) is 20.2. The van der Waals surface area contributed by atoms with E-state index in [0.29, 0.717) is 31.3 Å². The summed E-state index contributed by atoms with van der Waals surface area (Å²) < 4.78 is 25.8. The number of hydrogen-bond donors (Lipinski definition) is 1. The van der Waals surface area contributed by atoms with Crippen molar-refractivity contribution in [2.75, 3.05) is 11.9 Å². The lowest BCUT2D eigenvalue weighted by molar-refractivity contribution is 0.267. The Labute approximate surface area is 173 Å². The van der Waals surface area contributed by atoms with Crippen LogP contribution in [0.15, 0.2) is 65.1 Å². The molecule has 0 aliphatic heterocycles. The lowest BCUT2D eigenvalue weighted by Gasteiger charge is -2.17. The van der Waals surface area contributed by atoms with Gasteiger partial charge in [0.15, 0.2) is 11.5 Å². The number of hydrogen-bond acceptors (Lipinski definition) is 3. The van der Waals surface area contributed by atoms with Crippen LogP contribution in [0.1, 0.15) is 23.6 Å². The van der Waals surface area contributed by atoms with E-state index in [0.717, 1.165) is 21.3 Å². The number of rotatable bonds is 8. The van der Waals surface area contributed by atoms with E-state index in [1.54, 1.807) is 12.1 Å². The van der Waals surface area contributed by atoms with Crippen molar-refractivity contribution in [1.29, 1.82) is 0 Å². The average molecular weight is 444 g/mol. The molecule has 0 heterocycles. The zero-order valence-electron chi connectivity index (χ0n) is 16.0. The molecule has 0 aliphatic rings. The van der Waals surface area contributed by atoms with Crippen molar-refractivity contribution >= 4 is 21.6 Å². The molecule has 0 unspecified atom stereocenters. The molecule has 3 aromatic rings. The summed E-state index contributed by atoms with van der Waals surface area (Å²) >= 11 is 3.61. The SMILES string of the molecule is CCOc1cc(CNc2ccc(F)cc2)cc(Br)c1OCc1ccccc1C. The first-order chi connectivity index (χ1) is 13.6. The molecule has 0 amide bonds. The number of ether oxygens (including phenoxy) is 2. The van der Waals surface area contributed by atoms with Crippen LogP contribution in [-0.4, -0.2) is 6.61 Å². The monoisotopic (exact) mass is 443 g/mol. The Balaban J connectivity index is 1.75.